The fourth-order valence-corrected chi connectivity index (χ4v) is 3.07. The third-order valence-corrected chi connectivity index (χ3v) is 4.36. The van der Waals surface area contributed by atoms with E-state index in [0.717, 1.165) is 22.2 Å². The van der Waals surface area contributed by atoms with E-state index < -0.39 is 6.29 Å². The second-order valence-electron chi connectivity index (χ2n) is 5.30. The zero-order valence-corrected chi connectivity index (χ0v) is 13.4. The smallest absolute Gasteiger partial charge is 0.178 e. The van der Waals surface area contributed by atoms with E-state index in [1.807, 2.05) is 25.1 Å². The first-order valence-electron chi connectivity index (χ1n) is 6.85. The van der Waals surface area contributed by atoms with E-state index in [2.05, 4.69) is 10.6 Å². The van der Waals surface area contributed by atoms with Crippen LogP contribution in [0.2, 0.25) is 10.0 Å². The van der Waals surface area contributed by atoms with E-state index in [0.29, 0.717) is 22.2 Å². The molecule has 0 aliphatic carbocycles. The largest absolute Gasteiger partial charge is 0.364 e. The van der Waals surface area contributed by atoms with Crippen LogP contribution in [-0.4, -0.2) is 14.8 Å². The lowest BCUT2D eigenvalue weighted by Crippen LogP contribution is -2.03. The topological polar surface area (TPSA) is 45.4 Å². The van der Waals surface area contributed by atoms with Gasteiger partial charge in [-0.3, -0.25) is 0 Å². The fourth-order valence-electron chi connectivity index (χ4n) is 2.60. The molecule has 0 amide bonds. The molecule has 5 heteroatoms. The molecular weight excluding hydrogens is 321 g/mol. The van der Waals surface area contributed by atoms with Crippen molar-refractivity contribution in [3.05, 3.63) is 69.3 Å². The van der Waals surface area contributed by atoms with Gasteiger partial charge in [0.15, 0.2) is 6.29 Å². The van der Waals surface area contributed by atoms with E-state index in [1.165, 1.54) is 0 Å². The number of benzene rings is 2. The molecule has 0 spiro atoms. The van der Waals surface area contributed by atoms with Crippen LogP contribution in [0.4, 0.5) is 0 Å². The molecule has 3 aromatic rings. The Morgan fingerprint density at radius 2 is 1.82 bits per heavy atom. The molecule has 22 heavy (non-hydrogen) atoms. The van der Waals surface area contributed by atoms with E-state index in [4.69, 9.17) is 23.2 Å². The molecule has 0 saturated carbocycles. The molecule has 0 fully saturated rings. The van der Waals surface area contributed by atoms with Gasteiger partial charge in [0, 0.05) is 33.4 Å². The lowest BCUT2D eigenvalue weighted by Gasteiger charge is -2.11. The SMILES string of the molecule is Cc1cc2ccc(C(O)O)cc2n1Cc1ccc(Cl)cc1Cl. The van der Waals surface area contributed by atoms with Gasteiger partial charge in [0.2, 0.25) is 0 Å². The molecule has 0 bridgehead atoms. The van der Waals surface area contributed by atoms with Crippen molar-refractivity contribution in [1.82, 2.24) is 4.57 Å². The number of aliphatic hydroxyl groups is 2. The second kappa shape index (κ2) is 5.94. The Morgan fingerprint density at radius 3 is 2.50 bits per heavy atom. The molecule has 3 nitrogen and oxygen atoms in total. The zero-order valence-electron chi connectivity index (χ0n) is 11.9. The van der Waals surface area contributed by atoms with Gasteiger partial charge in [-0.2, -0.15) is 0 Å². The molecule has 0 aliphatic heterocycles. The third kappa shape index (κ3) is 2.85. The van der Waals surface area contributed by atoms with Gasteiger partial charge < -0.3 is 14.8 Å². The summed E-state index contributed by atoms with van der Waals surface area (Å²) in [6, 6.07) is 12.9. The highest BCUT2D eigenvalue weighted by atomic mass is 35.5. The van der Waals surface area contributed by atoms with Crippen LogP contribution in [0.25, 0.3) is 10.9 Å². The van der Waals surface area contributed by atoms with Gasteiger partial charge in [-0.1, -0.05) is 41.4 Å². The van der Waals surface area contributed by atoms with Gasteiger partial charge >= 0.3 is 0 Å². The van der Waals surface area contributed by atoms with Crippen LogP contribution in [0.5, 0.6) is 0 Å². The molecule has 0 saturated heterocycles. The maximum Gasteiger partial charge on any atom is 0.178 e. The minimum atomic E-state index is -1.48. The maximum absolute atomic E-state index is 9.36. The summed E-state index contributed by atoms with van der Waals surface area (Å²) in [6.07, 6.45) is -1.48. The standard InChI is InChI=1S/C17H15Cl2NO2/c1-10-6-11-2-3-12(17(21)22)7-16(11)20(10)9-13-4-5-14(18)8-15(13)19/h2-8,17,21-22H,9H2,1H3. The summed E-state index contributed by atoms with van der Waals surface area (Å²) in [7, 11) is 0. The molecule has 0 atom stereocenters. The monoisotopic (exact) mass is 335 g/mol. The van der Waals surface area contributed by atoms with E-state index in [1.54, 1.807) is 18.2 Å². The van der Waals surface area contributed by atoms with Gasteiger partial charge in [0.05, 0.1) is 0 Å². The highest BCUT2D eigenvalue weighted by Crippen LogP contribution is 2.27. The summed E-state index contributed by atoms with van der Waals surface area (Å²) in [6.45, 7) is 2.61. The van der Waals surface area contributed by atoms with Crippen molar-refractivity contribution in [2.24, 2.45) is 0 Å². The zero-order chi connectivity index (χ0) is 15.9. The number of aromatic nitrogens is 1. The van der Waals surface area contributed by atoms with Crippen molar-refractivity contribution >= 4 is 34.1 Å². The second-order valence-corrected chi connectivity index (χ2v) is 6.14. The summed E-state index contributed by atoms with van der Waals surface area (Å²) in [5.74, 6) is 0. The molecule has 0 radical (unpaired) electrons. The molecular formula is C17H15Cl2NO2. The van der Waals surface area contributed by atoms with Crippen LogP contribution >= 0.6 is 23.2 Å². The van der Waals surface area contributed by atoms with Crippen LogP contribution in [0, 0.1) is 6.92 Å². The van der Waals surface area contributed by atoms with E-state index in [-0.39, 0.29) is 0 Å². The van der Waals surface area contributed by atoms with Crippen LogP contribution < -0.4 is 0 Å². The number of aliphatic hydroxyl groups excluding tert-OH is 1. The highest BCUT2D eigenvalue weighted by molar-refractivity contribution is 6.35. The summed E-state index contributed by atoms with van der Waals surface area (Å²) in [5.41, 5.74) is 3.44. The van der Waals surface area contributed by atoms with Gasteiger partial charge in [0.25, 0.3) is 0 Å². The fraction of sp³-hybridized carbons (Fsp3) is 0.176. The first-order chi connectivity index (χ1) is 10.5. The van der Waals surface area contributed by atoms with Crippen LogP contribution in [0.1, 0.15) is 23.1 Å². The van der Waals surface area contributed by atoms with E-state index >= 15 is 0 Å². The van der Waals surface area contributed by atoms with Crippen LogP contribution in [-0.2, 0) is 6.54 Å². The first-order valence-corrected chi connectivity index (χ1v) is 7.61. The van der Waals surface area contributed by atoms with Crippen molar-refractivity contribution in [1.29, 1.82) is 0 Å². The van der Waals surface area contributed by atoms with Crippen molar-refractivity contribution in [2.75, 3.05) is 0 Å². The molecule has 0 aliphatic rings. The molecule has 2 N–H and O–H groups in total. The van der Waals surface area contributed by atoms with Crippen LogP contribution in [0.3, 0.4) is 0 Å². The average Bonchev–Trinajstić information content (AvgIpc) is 2.77. The number of hydrogen-bond donors (Lipinski definition) is 2. The Hall–Kier alpha value is -1.52. The van der Waals surface area contributed by atoms with Crippen molar-refractivity contribution in [3.63, 3.8) is 0 Å². The average molecular weight is 336 g/mol. The molecule has 1 aromatic heterocycles. The minimum absolute atomic E-state index is 0.467. The first kappa shape index (κ1) is 15.4. The number of halogens is 2. The van der Waals surface area contributed by atoms with Crippen molar-refractivity contribution in [3.8, 4) is 0 Å². The predicted octanol–water partition coefficient (Wildman–Crippen LogP) is 4.29. The lowest BCUT2D eigenvalue weighted by atomic mass is 10.1. The van der Waals surface area contributed by atoms with E-state index in [9.17, 15) is 10.2 Å². The third-order valence-electron chi connectivity index (χ3n) is 3.78. The minimum Gasteiger partial charge on any atom is -0.364 e. The molecule has 0 unspecified atom stereocenters. The number of fused-ring (bicyclic) bond motifs is 1. The number of rotatable bonds is 3. The Labute approximate surface area is 138 Å². The van der Waals surface area contributed by atoms with Gasteiger partial charge in [-0.15, -0.1) is 0 Å². The summed E-state index contributed by atoms with van der Waals surface area (Å²) < 4.78 is 2.09. The van der Waals surface area contributed by atoms with Crippen molar-refractivity contribution in [2.45, 2.75) is 19.8 Å². The summed E-state index contributed by atoms with van der Waals surface area (Å²) in [4.78, 5) is 0. The Balaban J connectivity index is 2.09. The number of nitrogens with zero attached hydrogens (tertiary/aromatic N) is 1. The Kier molecular flexibility index (Phi) is 4.15. The van der Waals surface area contributed by atoms with Gasteiger partial charge in [0.1, 0.15) is 0 Å². The quantitative estimate of drug-likeness (QED) is 0.701. The van der Waals surface area contributed by atoms with Gasteiger partial charge in [-0.05, 0) is 42.1 Å². The summed E-state index contributed by atoms with van der Waals surface area (Å²) >= 11 is 12.2. The van der Waals surface area contributed by atoms with Crippen molar-refractivity contribution < 1.29 is 10.2 Å². The molecule has 114 valence electrons. The molecule has 1 heterocycles. The number of hydrogen-bond acceptors (Lipinski definition) is 2. The molecule has 3 rings (SSSR count). The Morgan fingerprint density at radius 1 is 1.05 bits per heavy atom. The van der Waals surface area contributed by atoms with Gasteiger partial charge in [-0.25, -0.2) is 0 Å². The Bertz CT molecular complexity index is 840. The lowest BCUT2D eigenvalue weighted by molar-refractivity contribution is -0.0424. The number of aryl methyl sites for hydroxylation is 1. The highest BCUT2D eigenvalue weighted by Gasteiger charge is 2.11. The normalized spacial score (nSPS) is 11.5. The summed E-state index contributed by atoms with van der Waals surface area (Å²) in [5, 5.41) is 21.0. The molecule has 2 aromatic carbocycles. The van der Waals surface area contributed by atoms with Crippen LogP contribution in [0.15, 0.2) is 42.5 Å². The maximum atomic E-state index is 9.36. The predicted molar refractivity (Wildman–Crippen MR) is 89.4 cm³/mol.